The molecule has 0 heterocycles. The van der Waals surface area contributed by atoms with Crippen LogP contribution in [0.4, 0.5) is 0 Å². The van der Waals surface area contributed by atoms with Crippen molar-refractivity contribution >= 4 is 33.4 Å². The van der Waals surface area contributed by atoms with Crippen LogP contribution < -0.4 is 0 Å². The van der Waals surface area contributed by atoms with Gasteiger partial charge in [0.25, 0.3) is 0 Å². The highest BCUT2D eigenvalue weighted by Gasteiger charge is 2.39. The van der Waals surface area contributed by atoms with Crippen LogP contribution in [-0.2, 0) is 46.6 Å². The molecular weight excluding hydrogens is 930 g/mol. The molecule has 404 valence electrons. The molecular formula is C51H94O16P2. The molecule has 0 aliphatic heterocycles. The number of aliphatic hydroxyl groups excluding tert-OH is 3. The number of hydrogen-bond donors (Lipinski definition) is 6. The van der Waals surface area contributed by atoms with Gasteiger partial charge in [-0.1, -0.05) is 186 Å². The first kappa shape index (κ1) is 65.2. The summed E-state index contributed by atoms with van der Waals surface area (Å²) >= 11 is 0. The first-order valence-electron chi connectivity index (χ1n) is 26.5. The highest BCUT2D eigenvalue weighted by atomic mass is 31.2. The Morgan fingerprint density at radius 2 is 1.19 bits per heavy atom. The second-order valence-corrected chi connectivity index (χ2v) is 21.9. The molecule has 0 spiro atoms. The third kappa shape index (κ3) is 37.6. The normalized spacial score (nSPS) is 19.3. The zero-order valence-electron chi connectivity index (χ0n) is 42.6. The number of esters is 2. The second-order valence-electron chi connectivity index (χ2n) is 19.2. The van der Waals surface area contributed by atoms with Crippen LogP contribution in [0.25, 0.3) is 0 Å². The van der Waals surface area contributed by atoms with Gasteiger partial charge in [-0.05, 0) is 38.0 Å². The second kappa shape index (κ2) is 40.6. The van der Waals surface area contributed by atoms with E-state index in [4.69, 9.17) is 28.3 Å². The molecule has 0 saturated heterocycles. The predicted octanol–water partition coefficient (Wildman–Crippen LogP) is 11.1. The molecule has 8 atom stereocenters. The predicted molar refractivity (Wildman–Crippen MR) is 268 cm³/mol. The minimum absolute atomic E-state index is 0.00686. The van der Waals surface area contributed by atoms with E-state index in [9.17, 15) is 43.7 Å². The fraction of sp³-hybridized carbons (Fsp3) is 0.863. The van der Waals surface area contributed by atoms with Gasteiger partial charge in [-0.15, -0.1) is 0 Å². The first-order valence-corrected chi connectivity index (χ1v) is 29.6. The SMILES string of the molecule is CCCCC[C@H](O)/C=C/[C@H]1C(=O)C[C@H](O)[C@@H]1C/C=C\CCCC(=O)OC[C@H](COP(=O)(O)OC[C@@H](O)COP(=O)(O)O)OC(=O)CCCCCCCCCCCCCCCCCCCCC(C)CC. The molecule has 6 N–H and O–H groups in total. The summed E-state index contributed by atoms with van der Waals surface area (Å²) in [5.41, 5.74) is 0. The number of ketones is 1. The molecule has 0 aromatic heterocycles. The van der Waals surface area contributed by atoms with Crippen LogP contribution in [0.5, 0.6) is 0 Å². The van der Waals surface area contributed by atoms with Crippen molar-refractivity contribution in [1.82, 2.24) is 0 Å². The maximum Gasteiger partial charge on any atom is 0.472 e. The van der Waals surface area contributed by atoms with Crippen LogP contribution in [0.3, 0.4) is 0 Å². The van der Waals surface area contributed by atoms with Crippen molar-refractivity contribution in [2.75, 3.05) is 26.4 Å². The lowest BCUT2D eigenvalue weighted by atomic mass is 9.90. The fourth-order valence-electron chi connectivity index (χ4n) is 8.25. The summed E-state index contributed by atoms with van der Waals surface area (Å²) in [5.74, 6) is -1.20. The number of carbonyl (C=O) groups is 3. The van der Waals surface area contributed by atoms with Gasteiger partial charge in [0.1, 0.15) is 18.5 Å². The van der Waals surface area contributed by atoms with Crippen LogP contribution in [0.2, 0.25) is 0 Å². The summed E-state index contributed by atoms with van der Waals surface area (Å²) in [6.45, 7) is 3.78. The van der Waals surface area contributed by atoms with E-state index in [1.165, 1.54) is 96.3 Å². The third-order valence-electron chi connectivity index (χ3n) is 12.8. The Morgan fingerprint density at radius 3 is 1.75 bits per heavy atom. The standard InChI is InChI=1S/C51H94O16P2/c1-4-6-25-31-43(52)35-36-47-46(48(54)37-49(47)55)32-27-23-24-28-33-50(56)63-40-45(41-66-69(61,62)65-39-44(53)38-64-68(58,59)60)67-51(57)34-29-22-20-18-16-14-12-10-8-7-9-11-13-15-17-19-21-26-30-42(3)5-2/h23,27,35-36,42-48,52-54H,4-22,24-26,28-34,37-41H2,1-3H3,(H,61,62)(H2,58,59,60)/b27-23-,36-35+/t42?,43-,44-,45+,46+,47+,48-/m0/s1. The van der Waals surface area contributed by atoms with Crippen molar-refractivity contribution in [3.8, 4) is 0 Å². The summed E-state index contributed by atoms with van der Waals surface area (Å²) in [7, 11) is -9.78. The Bertz CT molecular complexity index is 1490. The molecule has 0 amide bonds. The van der Waals surface area contributed by atoms with Crippen molar-refractivity contribution in [2.45, 2.75) is 238 Å². The number of hydrogen-bond acceptors (Lipinski definition) is 13. The van der Waals surface area contributed by atoms with Crippen molar-refractivity contribution < 1.29 is 76.6 Å². The van der Waals surface area contributed by atoms with Gasteiger partial charge in [0.2, 0.25) is 0 Å². The van der Waals surface area contributed by atoms with E-state index in [0.29, 0.717) is 32.1 Å². The van der Waals surface area contributed by atoms with Gasteiger partial charge in [0.05, 0.1) is 32.0 Å². The van der Waals surface area contributed by atoms with E-state index in [1.54, 1.807) is 12.2 Å². The monoisotopic (exact) mass is 1020 g/mol. The van der Waals surface area contributed by atoms with Crippen LogP contribution >= 0.6 is 15.6 Å². The largest absolute Gasteiger partial charge is 0.472 e. The molecule has 0 aromatic carbocycles. The molecule has 1 saturated carbocycles. The molecule has 1 aliphatic carbocycles. The third-order valence-corrected chi connectivity index (χ3v) is 14.2. The quantitative estimate of drug-likeness (QED) is 0.0143. The average Bonchev–Trinajstić information content (AvgIpc) is 3.57. The van der Waals surface area contributed by atoms with E-state index in [2.05, 4.69) is 25.3 Å². The topological polar surface area (TPSA) is 253 Å². The fourth-order valence-corrected chi connectivity index (χ4v) is 9.40. The van der Waals surface area contributed by atoms with Crippen molar-refractivity contribution in [3.05, 3.63) is 24.3 Å². The molecule has 0 aromatic rings. The Kier molecular flexibility index (Phi) is 38.4. The number of Topliss-reactive ketones (excluding diaryl/α,β-unsaturated/α-hetero) is 1. The summed E-state index contributed by atoms with van der Waals surface area (Å²) in [6.07, 6.45) is 32.4. The number of rotatable bonds is 46. The minimum atomic E-state index is -4.90. The maximum absolute atomic E-state index is 12.8. The van der Waals surface area contributed by atoms with E-state index in [-0.39, 0.29) is 31.0 Å². The van der Waals surface area contributed by atoms with Gasteiger partial charge < -0.3 is 39.5 Å². The van der Waals surface area contributed by atoms with Crippen molar-refractivity contribution in [1.29, 1.82) is 0 Å². The van der Waals surface area contributed by atoms with E-state index in [0.717, 1.165) is 50.9 Å². The van der Waals surface area contributed by atoms with E-state index >= 15 is 0 Å². The summed E-state index contributed by atoms with van der Waals surface area (Å²) < 4.78 is 48.0. The molecule has 16 nitrogen and oxygen atoms in total. The Labute approximate surface area is 415 Å². The van der Waals surface area contributed by atoms with Gasteiger partial charge in [-0.3, -0.25) is 28.0 Å². The summed E-state index contributed by atoms with van der Waals surface area (Å²) in [4.78, 5) is 65.7. The molecule has 0 radical (unpaired) electrons. The van der Waals surface area contributed by atoms with Gasteiger partial charge >= 0.3 is 27.6 Å². The molecule has 18 heteroatoms. The number of ether oxygens (including phenoxy) is 2. The highest BCUT2D eigenvalue weighted by molar-refractivity contribution is 7.47. The smallest absolute Gasteiger partial charge is 0.462 e. The maximum atomic E-state index is 12.8. The van der Waals surface area contributed by atoms with E-state index < -0.39 is 84.3 Å². The molecule has 2 unspecified atom stereocenters. The number of unbranched alkanes of at least 4 members (excludes halogenated alkanes) is 20. The van der Waals surface area contributed by atoms with Gasteiger partial charge in [0, 0.05) is 31.1 Å². The van der Waals surface area contributed by atoms with Crippen molar-refractivity contribution in [3.63, 3.8) is 0 Å². The number of aliphatic hydroxyl groups is 3. The molecule has 0 bridgehead atoms. The van der Waals surface area contributed by atoms with Crippen LogP contribution in [0, 0.1) is 17.8 Å². The summed E-state index contributed by atoms with van der Waals surface area (Å²) in [5, 5.41) is 30.6. The molecule has 1 aliphatic rings. The van der Waals surface area contributed by atoms with Gasteiger partial charge in [-0.25, -0.2) is 9.13 Å². The Morgan fingerprint density at radius 1 is 0.667 bits per heavy atom. The number of phosphoric ester groups is 2. The van der Waals surface area contributed by atoms with Crippen LogP contribution in [0.15, 0.2) is 24.3 Å². The lowest BCUT2D eigenvalue weighted by Crippen LogP contribution is -2.30. The molecule has 69 heavy (non-hydrogen) atoms. The lowest BCUT2D eigenvalue weighted by molar-refractivity contribution is -0.161. The van der Waals surface area contributed by atoms with Crippen LogP contribution in [-0.4, -0.2) is 98.6 Å². The van der Waals surface area contributed by atoms with Gasteiger partial charge in [0.15, 0.2) is 6.10 Å². The van der Waals surface area contributed by atoms with E-state index in [1.807, 2.05) is 12.2 Å². The van der Waals surface area contributed by atoms with Crippen LogP contribution in [0.1, 0.15) is 213 Å². The minimum Gasteiger partial charge on any atom is -0.462 e. The number of carbonyl (C=O) groups excluding carboxylic acids is 3. The number of phosphoric acid groups is 2. The molecule has 1 rings (SSSR count). The first-order chi connectivity index (χ1) is 33.0. The van der Waals surface area contributed by atoms with Gasteiger partial charge in [-0.2, -0.15) is 0 Å². The lowest BCUT2D eigenvalue weighted by Gasteiger charge is -2.20. The van der Waals surface area contributed by atoms with Crippen molar-refractivity contribution in [2.24, 2.45) is 17.8 Å². The summed E-state index contributed by atoms with van der Waals surface area (Å²) in [6, 6.07) is 0. The zero-order valence-corrected chi connectivity index (χ0v) is 44.3. The molecule has 1 fully saturated rings. The highest BCUT2D eigenvalue weighted by Crippen LogP contribution is 2.44. The Balaban J connectivity index is 2.44. The Hall–Kier alpha value is -1.81. The average molecular weight is 1030 g/mol. The number of allylic oxidation sites excluding steroid dienone is 3. The zero-order chi connectivity index (χ0) is 51.2.